The summed E-state index contributed by atoms with van der Waals surface area (Å²) in [4.78, 5) is 15.9. The summed E-state index contributed by atoms with van der Waals surface area (Å²) >= 11 is 1.71. The average molecular weight is 372 g/mol. The lowest BCUT2D eigenvalue weighted by atomic mass is 10.0. The van der Waals surface area contributed by atoms with Crippen molar-refractivity contribution in [2.75, 3.05) is 26.5 Å². The van der Waals surface area contributed by atoms with Crippen molar-refractivity contribution in [1.29, 1.82) is 0 Å². The summed E-state index contributed by atoms with van der Waals surface area (Å²) in [7, 11) is 3.34. The maximum Gasteiger partial charge on any atom is 0.223 e. The van der Waals surface area contributed by atoms with Gasteiger partial charge in [-0.05, 0) is 54.8 Å². The van der Waals surface area contributed by atoms with Crippen LogP contribution in [0.2, 0.25) is 0 Å². The monoisotopic (exact) mass is 371 g/mol. The third-order valence-corrected chi connectivity index (χ3v) is 5.71. The number of hydrogen-bond acceptors (Lipinski definition) is 4. The van der Waals surface area contributed by atoms with Crippen molar-refractivity contribution in [1.82, 2.24) is 4.90 Å². The summed E-state index contributed by atoms with van der Waals surface area (Å²) in [5, 5.41) is 0. The Hall–Kier alpha value is -2.14. The number of ether oxygens (including phenoxy) is 2. The Morgan fingerprint density at radius 2 is 1.88 bits per heavy atom. The number of rotatable bonds is 7. The van der Waals surface area contributed by atoms with Gasteiger partial charge >= 0.3 is 0 Å². The van der Waals surface area contributed by atoms with Gasteiger partial charge < -0.3 is 14.4 Å². The lowest BCUT2D eigenvalue weighted by Gasteiger charge is -2.25. The molecule has 1 aliphatic rings. The van der Waals surface area contributed by atoms with E-state index in [9.17, 15) is 4.79 Å². The molecule has 0 aromatic heterocycles. The minimum Gasteiger partial charge on any atom is -0.497 e. The summed E-state index contributed by atoms with van der Waals surface area (Å²) in [6.07, 6.45) is 2.63. The molecule has 3 rings (SSSR count). The molecule has 2 aromatic rings. The first kappa shape index (κ1) is 18.6. The molecule has 0 bridgehead atoms. The largest absolute Gasteiger partial charge is 0.497 e. The fourth-order valence-corrected chi connectivity index (χ4v) is 4.17. The number of thioether (sulfide) groups is 1. The van der Waals surface area contributed by atoms with Crippen LogP contribution < -0.4 is 9.47 Å². The van der Waals surface area contributed by atoms with E-state index >= 15 is 0 Å². The van der Waals surface area contributed by atoms with E-state index in [0.29, 0.717) is 6.42 Å². The molecule has 1 atom stereocenters. The van der Waals surface area contributed by atoms with Gasteiger partial charge in [-0.1, -0.05) is 12.1 Å². The third kappa shape index (κ3) is 4.52. The van der Waals surface area contributed by atoms with Crippen LogP contribution in [-0.2, 0) is 4.79 Å². The molecule has 0 saturated carbocycles. The fourth-order valence-electron chi connectivity index (χ4n) is 3.33. The Labute approximate surface area is 159 Å². The summed E-state index contributed by atoms with van der Waals surface area (Å²) < 4.78 is 10.5. The van der Waals surface area contributed by atoms with Gasteiger partial charge in [0.05, 0.1) is 20.3 Å². The predicted molar refractivity (Wildman–Crippen MR) is 105 cm³/mol. The molecule has 5 heteroatoms. The van der Waals surface area contributed by atoms with E-state index in [0.717, 1.165) is 47.1 Å². The third-order valence-electron chi connectivity index (χ3n) is 4.70. The lowest BCUT2D eigenvalue weighted by Crippen LogP contribution is -2.30. The predicted octanol–water partition coefficient (Wildman–Crippen LogP) is 4.55. The average Bonchev–Trinajstić information content (AvgIpc) is 3.18. The molecule has 0 radical (unpaired) electrons. The number of benzene rings is 2. The van der Waals surface area contributed by atoms with E-state index in [1.165, 1.54) is 0 Å². The molecular weight excluding hydrogens is 346 g/mol. The first-order valence-corrected chi connectivity index (χ1v) is 9.90. The second-order valence-electron chi connectivity index (χ2n) is 6.30. The van der Waals surface area contributed by atoms with Crippen LogP contribution in [0.1, 0.15) is 30.9 Å². The molecule has 0 aliphatic carbocycles. The van der Waals surface area contributed by atoms with Gasteiger partial charge in [0.15, 0.2) is 0 Å². The van der Waals surface area contributed by atoms with E-state index < -0.39 is 0 Å². The van der Waals surface area contributed by atoms with Crippen LogP contribution >= 0.6 is 11.8 Å². The summed E-state index contributed by atoms with van der Waals surface area (Å²) in [5.74, 6) is 2.71. The van der Waals surface area contributed by atoms with Gasteiger partial charge in [-0.3, -0.25) is 4.79 Å². The second kappa shape index (κ2) is 8.99. The zero-order chi connectivity index (χ0) is 18.4. The van der Waals surface area contributed by atoms with Crippen molar-refractivity contribution in [3.63, 3.8) is 0 Å². The Morgan fingerprint density at radius 1 is 1.12 bits per heavy atom. The van der Waals surface area contributed by atoms with E-state index in [1.54, 1.807) is 26.0 Å². The van der Waals surface area contributed by atoms with E-state index in [1.807, 2.05) is 47.4 Å². The molecular formula is C21H25NO3S. The molecule has 138 valence electrons. The number of amides is 1. The maximum atomic E-state index is 12.7. The summed E-state index contributed by atoms with van der Waals surface area (Å²) in [5.41, 5.74) is 1.16. The molecule has 0 N–H and O–H groups in total. The van der Waals surface area contributed by atoms with Crippen molar-refractivity contribution in [2.45, 2.75) is 30.2 Å². The highest BCUT2D eigenvalue weighted by molar-refractivity contribution is 7.99. The Morgan fingerprint density at radius 3 is 2.62 bits per heavy atom. The molecule has 2 aromatic carbocycles. The van der Waals surface area contributed by atoms with Crippen LogP contribution in [0.3, 0.4) is 0 Å². The topological polar surface area (TPSA) is 38.8 Å². The van der Waals surface area contributed by atoms with Gasteiger partial charge in [-0.15, -0.1) is 11.8 Å². The first-order chi connectivity index (χ1) is 12.7. The Balaban J connectivity index is 1.56. The van der Waals surface area contributed by atoms with Crippen LogP contribution in [0.15, 0.2) is 53.4 Å². The minimum absolute atomic E-state index is 0.170. The van der Waals surface area contributed by atoms with E-state index in [2.05, 4.69) is 6.07 Å². The number of carbonyl (C=O) groups excluding carboxylic acids is 1. The molecule has 26 heavy (non-hydrogen) atoms. The van der Waals surface area contributed by atoms with Gasteiger partial charge in [-0.2, -0.15) is 0 Å². The van der Waals surface area contributed by atoms with Crippen molar-refractivity contribution in [3.8, 4) is 11.5 Å². The SMILES string of the molecule is COc1ccc(SCCC(=O)N2CCCC2c2cccc(OC)c2)cc1. The molecule has 1 amide bonds. The van der Waals surface area contributed by atoms with Crippen LogP contribution in [0, 0.1) is 0 Å². The zero-order valence-corrected chi connectivity index (χ0v) is 16.1. The maximum absolute atomic E-state index is 12.7. The Kier molecular flexibility index (Phi) is 6.45. The molecule has 1 fully saturated rings. The Bertz CT molecular complexity index is 732. The highest BCUT2D eigenvalue weighted by Gasteiger charge is 2.29. The molecule has 0 spiro atoms. The van der Waals surface area contributed by atoms with Crippen molar-refractivity contribution in [2.24, 2.45) is 0 Å². The fraction of sp³-hybridized carbons (Fsp3) is 0.381. The first-order valence-electron chi connectivity index (χ1n) is 8.91. The number of carbonyl (C=O) groups is 1. The van der Waals surface area contributed by atoms with Crippen molar-refractivity contribution in [3.05, 3.63) is 54.1 Å². The summed E-state index contributed by atoms with van der Waals surface area (Å²) in [6.45, 7) is 0.841. The molecule has 4 nitrogen and oxygen atoms in total. The number of hydrogen-bond donors (Lipinski definition) is 0. The zero-order valence-electron chi connectivity index (χ0n) is 15.3. The minimum atomic E-state index is 0.170. The normalized spacial score (nSPS) is 16.5. The van der Waals surface area contributed by atoms with Crippen LogP contribution in [0.5, 0.6) is 11.5 Å². The number of nitrogens with zero attached hydrogens (tertiary/aromatic N) is 1. The lowest BCUT2D eigenvalue weighted by molar-refractivity contribution is -0.131. The standard InChI is InChI=1S/C21H25NO3S/c1-24-17-8-10-19(11-9-17)26-14-12-21(23)22-13-4-7-20(22)16-5-3-6-18(15-16)25-2/h3,5-6,8-11,15,20H,4,7,12-14H2,1-2H3. The van der Waals surface area contributed by atoms with E-state index in [4.69, 9.17) is 9.47 Å². The smallest absolute Gasteiger partial charge is 0.223 e. The van der Waals surface area contributed by atoms with Gasteiger partial charge in [0.1, 0.15) is 11.5 Å². The highest BCUT2D eigenvalue weighted by atomic mass is 32.2. The van der Waals surface area contributed by atoms with Crippen molar-refractivity contribution >= 4 is 17.7 Å². The second-order valence-corrected chi connectivity index (χ2v) is 7.46. The van der Waals surface area contributed by atoms with Crippen LogP contribution in [0.4, 0.5) is 0 Å². The quantitative estimate of drug-likeness (QED) is 0.669. The van der Waals surface area contributed by atoms with Gasteiger partial charge in [0, 0.05) is 23.6 Å². The van der Waals surface area contributed by atoms with Gasteiger partial charge in [-0.25, -0.2) is 0 Å². The van der Waals surface area contributed by atoms with Gasteiger partial charge in [0.2, 0.25) is 5.91 Å². The summed E-state index contributed by atoms with van der Waals surface area (Å²) in [6, 6.07) is 16.2. The molecule has 1 saturated heterocycles. The molecule has 1 unspecified atom stereocenters. The van der Waals surface area contributed by atoms with Crippen LogP contribution in [-0.4, -0.2) is 37.3 Å². The van der Waals surface area contributed by atoms with E-state index in [-0.39, 0.29) is 11.9 Å². The number of methoxy groups -OCH3 is 2. The molecule has 1 heterocycles. The number of likely N-dealkylation sites (tertiary alicyclic amines) is 1. The highest BCUT2D eigenvalue weighted by Crippen LogP contribution is 2.34. The van der Waals surface area contributed by atoms with Gasteiger partial charge in [0.25, 0.3) is 0 Å². The van der Waals surface area contributed by atoms with Crippen LogP contribution in [0.25, 0.3) is 0 Å². The van der Waals surface area contributed by atoms with Crippen molar-refractivity contribution < 1.29 is 14.3 Å². The molecule has 1 aliphatic heterocycles.